The van der Waals surface area contributed by atoms with Crippen LogP contribution in [0.5, 0.6) is 0 Å². The predicted molar refractivity (Wildman–Crippen MR) is 88.8 cm³/mol. The lowest BCUT2D eigenvalue weighted by atomic mass is 9.97. The number of likely N-dealkylation sites (N-methyl/N-ethyl adjacent to an activating group) is 1. The molecule has 0 saturated heterocycles. The number of ether oxygens (including phenoxy) is 1. The molecule has 0 spiro atoms. The fraction of sp³-hybridized carbons (Fsp3) is 0.278. The Kier molecular flexibility index (Phi) is 3.74. The Labute approximate surface area is 139 Å². The number of aromatic nitrogens is 3. The van der Waals surface area contributed by atoms with Gasteiger partial charge in [0.15, 0.2) is 5.65 Å². The third kappa shape index (κ3) is 2.65. The van der Waals surface area contributed by atoms with Gasteiger partial charge in [-0.3, -0.25) is 9.20 Å². The molecule has 0 N–H and O–H groups in total. The van der Waals surface area contributed by atoms with Crippen LogP contribution < -0.4 is 0 Å². The van der Waals surface area contributed by atoms with Crippen molar-refractivity contribution in [2.24, 2.45) is 0 Å². The SMILES string of the molecule is CN(CC1OCCc2ccccc21)C(=O)c1ccc2nncn2c1. The fourth-order valence-electron chi connectivity index (χ4n) is 3.13. The summed E-state index contributed by atoms with van der Waals surface area (Å²) in [6.45, 7) is 1.21. The number of carbonyl (C=O) groups is 1. The molecule has 1 unspecified atom stereocenters. The van der Waals surface area contributed by atoms with Crippen molar-refractivity contribution in [2.75, 3.05) is 20.2 Å². The molecule has 24 heavy (non-hydrogen) atoms. The van der Waals surface area contributed by atoms with Crippen LogP contribution in [0.3, 0.4) is 0 Å². The van der Waals surface area contributed by atoms with Crippen molar-refractivity contribution in [2.45, 2.75) is 12.5 Å². The van der Waals surface area contributed by atoms with Crippen LogP contribution in [0.2, 0.25) is 0 Å². The highest BCUT2D eigenvalue weighted by molar-refractivity contribution is 5.94. The van der Waals surface area contributed by atoms with E-state index >= 15 is 0 Å². The summed E-state index contributed by atoms with van der Waals surface area (Å²) in [7, 11) is 1.80. The lowest BCUT2D eigenvalue weighted by Gasteiger charge is -2.29. The second-order valence-corrected chi connectivity index (χ2v) is 6.01. The average molecular weight is 322 g/mol. The van der Waals surface area contributed by atoms with Crippen LogP contribution >= 0.6 is 0 Å². The fourth-order valence-corrected chi connectivity index (χ4v) is 3.13. The molecule has 3 heterocycles. The highest BCUT2D eigenvalue weighted by Crippen LogP contribution is 2.27. The summed E-state index contributed by atoms with van der Waals surface area (Å²) in [5.41, 5.74) is 3.81. The molecule has 0 radical (unpaired) electrons. The molecule has 1 aliphatic heterocycles. The molecule has 6 heteroatoms. The molecule has 0 saturated carbocycles. The van der Waals surface area contributed by atoms with E-state index in [0.717, 1.165) is 12.1 Å². The highest BCUT2D eigenvalue weighted by Gasteiger charge is 2.24. The van der Waals surface area contributed by atoms with Gasteiger partial charge < -0.3 is 9.64 Å². The summed E-state index contributed by atoms with van der Waals surface area (Å²) in [5, 5.41) is 7.78. The monoisotopic (exact) mass is 322 g/mol. The van der Waals surface area contributed by atoms with Crippen LogP contribution in [-0.2, 0) is 11.2 Å². The first-order valence-electron chi connectivity index (χ1n) is 7.96. The zero-order chi connectivity index (χ0) is 16.5. The first-order chi connectivity index (χ1) is 11.7. The molecule has 6 nitrogen and oxygen atoms in total. The molecule has 0 bridgehead atoms. The molecule has 1 amide bonds. The first-order valence-corrected chi connectivity index (χ1v) is 7.96. The third-order valence-electron chi connectivity index (χ3n) is 4.42. The van der Waals surface area contributed by atoms with E-state index in [-0.39, 0.29) is 12.0 Å². The van der Waals surface area contributed by atoms with E-state index in [9.17, 15) is 4.79 Å². The van der Waals surface area contributed by atoms with Crippen molar-refractivity contribution >= 4 is 11.6 Å². The zero-order valence-corrected chi connectivity index (χ0v) is 13.4. The number of fused-ring (bicyclic) bond motifs is 2. The van der Waals surface area contributed by atoms with Gasteiger partial charge >= 0.3 is 0 Å². The van der Waals surface area contributed by atoms with Crippen molar-refractivity contribution < 1.29 is 9.53 Å². The molecule has 4 rings (SSSR count). The maximum atomic E-state index is 12.7. The van der Waals surface area contributed by atoms with Crippen LogP contribution in [-0.4, -0.2) is 45.6 Å². The van der Waals surface area contributed by atoms with E-state index in [1.54, 1.807) is 41.0 Å². The molecule has 0 aliphatic carbocycles. The largest absolute Gasteiger partial charge is 0.371 e. The summed E-state index contributed by atoms with van der Waals surface area (Å²) in [6, 6.07) is 11.8. The molecular weight excluding hydrogens is 304 g/mol. The van der Waals surface area contributed by atoms with Crippen LogP contribution in [0.1, 0.15) is 27.6 Å². The van der Waals surface area contributed by atoms with Crippen molar-refractivity contribution in [1.29, 1.82) is 0 Å². The average Bonchev–Trinajstić information content (AvgIpc) is 3.09. The standard InChI is InChI=1S/C18H18N4O2/c1-21(11-16-15-5-3-2-4-13(15)8-9-24-16)18(23)14-6-7-17-20-19-12-22(17)10-14/h2-7,10,12,16H,8-9,11H2,1H3. The Morgan fingerprint density at radius 2 is 2.21 bits per heavy atom. The second-order valence-electron chi connectivity index (χ2n) is 6.01. The van der Waals surface area contributed by atoms with Gasteiger partial charge in [-0.05, 0) is 29.7 Å². The Bertz CT molecular complexity index is 889. The van der Waals surface area contributed by atoms with E-state index in [2.05, 4.69) is 22.3 Å². The molecule has 1 atom stereocenters. The summed E-state index contributed by atoms with van der Waals surface area (Å²) < 4.78 is 7.64. The Hall–Kier alpha value is -2.73. The Morgan fingerprint density at radius 3 is 3.12 bits per heavy atom. The van der Waals surface area contributed by atoms with Gasteiger partial charge in [0.25, 0.3) is 5.91 Å². The van der Waals surface area contributed by atoms with Gasteiger partial charge in [0.2, 0.25) is 0 Å². The molecule has 0 fully saturated rings. The molecule has 1 aliphatic rings. The van der Waals surface area contributed by atoms with E-state index in [4.69, 9.17) is 4.74 Å². The highest BCUT2D eigenvalue weighted by atomic mass is 16.5. The van der Waals surface area contributed by atoms with Gasteiger partial charge in [-0.1, -0.05) is 24.3 Å². The third-order valence-corrected chi connectivity index (χ3v) is 4.42. The number of nitrogens with zero attached hydrogens (tertiary/aromatic N) is 4. The molecule has 3 aromatic rings. The number of rotatable bonds is 3. The second kappa shape index (κ2) is 6.05. The summed E-state index contributed by atoms with van der Waals surface area (Å²) in [6.07, 6.45) is 4.19. The van der Waals surface area contributed by atoms with E-state index < -0.39 is 0 Å². The van der Waals surface area contributed by atoms with Gasteiger partial charge in [-0.15, -0.1) is 10.2 Å². The molecule has 122 valence electrons. The van der Waals surface area contributed by atoms with Crippen molar-refractivity contribution in [3.05, 3.63) is 65.6 Å². The van der Waals surface area contributed by atoms with Crippen LogP contribution in [0, 0.1) is 0 Å². The van der Waals surface area contributed by atoms with Gasteiger partial charge in [-0.2, -0.15) is 0 Å². The van der Waals surface area contributed by atoms with Crippen LogP contribution in [0.4, 0.5) is 0 Å². The van der Waals surface area contributed by atoms with Gasteiger partial charge in [0, 0.05) is 13.2 Å². The van der Waals surface area contributed by atoms with E-state index in [1.165, 1.54) is 11.1 Å². The van der Waals surface area contributed by atoms with Crippen LogP contribution in [0.25, 0.3) is 5.65 Å². The minimum Gasteiger partial charge on any atom is -0.371 e. The van der Waals surface area contributed by atoms with Gasteiger partial charge in [0.05, 0.1) is 18.7 Å². The normalized spacial score (nSPS) is 16.8. The van der Waals surface area contributed by atoms with E-state index in [0.29, 0.717) is 18.7 Å². The number of benzene rings is 1. The minimum atomic E-state index is -0.0810. The Morgan fingerprint density at radius 1 is 1.33 bits per heavy atom. The number of hydrogen-bond donors (Lipinski definition) is 0. The van der Waals surface area contributed by atoms with Gasteiger partial charge in [0.1, 0.15) is 12.4 Å². The number of pyridine rings is 1. The predicted octanol–water partition coefficient (Wildman–Crippen LogP) is 2.12. The number of carbonyl (C=O) groups excluding carboxylic acids is 1. The summed E-state index contributed by atoms with van der Waals surface area (Å²) in [4.78, 5) is 14.4. The quantitative estimate of drug-likeness (QED) is 0.741. The topological polar surface area (TPSA) is 59.7 Å². The summed E-state index contributed by atoms with van der Waals surface area (Å²) >= 11 is 0. The summed E-state index contributed by atoms with van der Waals surface area (Å²) in [5.74, 6) is -0.0442. The van der Waals surface area contributed by atoms with Crippen molar-refractivity contribution in [3.63, 3.8) is 0 Å². The van der Waals surface area contributed by atoms with Crippen molar-refractivity contribution in [3.8, 4) is 0 Å². The zero-order valence-electron chi connectivity index (χ0n) is 13.4. The van der Waals surface area contributed by atoms with E-state index in [1.807, 2.05) is 12.1 Å². The molecule has 2 aromatic heterocycles. The molecule has 1 aromatic carbocycles. The lowest BCUT2D eigenvalue weighted by Crippen LogP contribution is -2.34. The maximum absolute atomic E-state index is 12.7. The van der Waals surface area contributed by atoms with Crippen LogP contribution in [0.15, 0.2) is 48.9 Å². The van der Waals surface area contributed by atoms with Gasteiger partial charge in [-0.25, -0.2) is 0 Å². The lowest BCUT2D eigenvalue weighted by molar-refractivity contribution is 0.0200. The number of amides is 1. The smallest absolute Gasteiger partial charge is 0.255 e. The Balaban J connectivity index is 1.53. The molecular formula is C18H18N4O2. The minimum absolute atomic E-state index is 0.0442. The maximum Gasteiger partial charge on any atom is 0.255 e. The number of hydrogen-bond acceptors (Lipinski definition) is 4. The van der Waals surface area contributed by atoms with Crippen molar-refractivity contribution in [1.82, 2.24) is 19.5 Å². The first kappa shape index (κ1) is 14.8.